The molecule has 214 valence electrons. The number of benzene rings is 2. The van der Waals surface area contributed by atoms with E-state index in [9.17, 15) is 24.8 Å². The van der Waals surface area contributed by atoms with Crippen molar-refractivity contribution >= 4 is 29.3 Å². The van der Waals surface area contributed by atoms with Crippen LogP contribution in [-0.2, 0) is 20.0 Å². The summed E-state index contributed by atoms with van der Waals surface area (Å²) in [6.45, 7) is 0.538. The molecule has 3 heterocycles. The molecule has 3 amide bonds. The molecule has 8 nitrogen and oxygen atoms in total. The number of halogens is 3. The number of alkyl halides is 2. The molecule has 1 saturated carbocycles. The lowest BCUT2D eigenvalue weighted by Crippen LogP contribution is -2.70. The first-order valence-electron chi connectivity index (χ1n) is 13.9. The van der Waals surface area contributed by atoms with E-state index >= 15 is 8.78 Å². The number of amides is 3. The van der Waals surface area contributed by atoms with Crippen molar-refractivity contribution in [2.45, 2.75) is 68.2 Å². The lowest BCUT2D eigenvalue weighted by molar-refractivity contribution is -0.201. The number of nitriles is 1. The van der Waals surface area contributed by atoms with Crippen LogP contribution in [0.15, 0.2) is 42.5 Å². The largest absolute Gasteiger partial charge is 0.372 e. The van der Waals surface area contributed by atoms with E-state index in [1.165, 1.54) is 6.07 Å². The maximum Gasteiger partial charge on any atom is 0.264 e. The first-order valence-corrected chi connectivity index (χ1v) is 14.2. The molecule has 3 aliphatic heterocycles. The van der Waals surface area contributed by atoms with Crippen LogP contribution in [0.1, 0.15) is 49.7 Å². The topological polar surface area (TPSA) is 123 Å². The van der Waals surface area contributed by atoms with Gasteiger partial charge < -0.3 is 20.6 Å². The van der Waals surface area contributed by atoms with Gasteiger partial charge in [0.05, 0.1) is 12.0 Å². The SMILES string of the molecule is N#C[C@H](C[C@@H]1CCCNC1=O)NC(=O)[C@H]1[C@H]2CC[C@H](CC2(F)F)N1C(=O)[C@]1(O)c2ccccc2-c2ccc(Cl)cc21. The van der Waals surface area contributed by atoms with Gasteiger partial charge in [-0.3, -0.25) is 14.4 Å². The fourth-order valence-corrected chi connectivity index (χ4v) is 7.36. The van der Waals surface area contributed by atoms with E-state index in [1.54, 1.807) is 36.4 Å². The molecule has 7 rings (SSSR count). The van der Waals surface area contributed by atoms with Gasteiger partial charge in [-0.05, 0) is 55.4 Å². The Morgan fingerprint density at radius 1 is 1.17 bits per heavy atom. The van der Waals surface area contributed by atoms with Gasteiger partial charge in [0, 0.05) is 41.1 Å². The molecule has 2 aliphatic carbocycles. The number of aliphatic hydroxyl groups is 1. The quantitative estimate of drug-likeness (QED) is 0.498. The minimum absolute atomic E-state index is 0.0131. The summed E-state index contributed by atoms with van der Waals surface area (Å²) in [4.78, 5) is 41.6. The van der Waals surface area contributed by atoms with Crippen molar-refractivity contribution in [3.8, 4) is 17.2 Å². The third kappa shape index (κ3) is 4.37. The van der Waals surface area contributed by atoms with Gasteiger partial charge in [-0.25, -0.2) is 8.78 Å². The lowest BCUT2D eigenvalue weighted by atomic mass is 9.70. The molecule has 3 N–H and O–H groups in total. The first-order chi connectivity index (χ1) is 19.6. The maximum atomic E-state index is 15.3. The summed E-state index contributed by atoms with van der Waals surface area (Å²) in [5.41, 5.74) is -0.546. The molecule has 5 aliphatic rings. The minimum Gasteiger partial charge on any atom is -0.372 e. The van der Waals surface area contributed by atoms with E-state index in [2.05, 4.69) is 10.6 Å². The van der Waals surface area contributed by atoms with Crippen LogP contribution in [0.3, 0.4) is 0 Å². The summed E-state index contributed by atoms with van der Waals surface area (Å²) in [5.74, 6) is -7.19. The van der Waals surface area contributed by atoms with Crippen molar-refractivity contribution in [3.05, 3.63) is 58.6 Å². The van der Waals surface area contributed by atoms with Gasteiger partial charge in [0.15, 0.2) is 5.60 Å². The van der Waals surface area contributed by atoms with Crippen molar-refractivity contribution in [2.24, 2.45) is 11.8 Å². The zero-order chi connectivity index (χ0) is 29.1. The van der Waals surface area contributed by atoms with E-state index < -0.39 is 59.7 Å². The number of fused-ring (bicyclic) bond motifs is 6. The Morgan fingerprint density at radius 3 is 2.66 bits per heavy atom. The van der Waals surface area contributed by atoms with Gasteiger partial charge >= 0.3 is 0 Å². The normalized spacial score (nSPS) is 30.0. The van der Waals surface area contributed by atoms with E-state index in [0.717, 1.165) is 11.3 Å². The van der Waals surface area contributed by atoms with Gasteiger partial charge in [0.25, 0.3) is 11.8 Å². The van der Waals surface area contributed by atoms with Crippen LogP contribution in [0.2, 0.25) is 5.02 Å². The molecule has 2 bridgehead atoms. The van der Waals surface area contributed by atoms with Gasteiger partial charge in [0.2, 0.25) is 11.8 Å². The van der Waals surface area contributed by atoms with Crippen molar-refractivity contribution in [2.75, 3.05) is 6.54 Å². The van der Waals surface area contributed by atoms with Crippen molar-refractivity contribution in [3.63, 3.8) is 0 Å². The first kappa shape index (κ1) is 27.6. The highest BCUT2D eigenvalue weighted by molar-refractivity contribution is 6.31. The molecule has 2 aromatic carbocycles. The molecule has 0 aromatic heterocycles. The Labute approximate surface area is 240 Å². The van der Waals surface area contributed by atoms with Crippen LogP contribution in [0.4, 0.5) is 8.78 Å². The van der Waals surface area contributed by atoms with Crippen LogP contribution in [0.5, 0.6) is 0 Å². The second-order valence-corrected chi connectivity index (χ2v) is 11.9. The molecule has 11 heteroatoms. The van der Waals surface area contributed by atoms with Crippen LogP contribution in [-0.4, -0.2) is 58.3 Å². The van der Waals surface area contributed by atoms with Crippen LogP contribution >= 0.6 is 11.6 Å². The van der Waals surface area contributed by atoms with E-state index in [4.69, 9.17) is 11.6 Å². The molecular weight excluding hydrogens is 554 g/mol. The highest BCUT2D eigenvalue weighted by Gasteiger charge is 2.63. The van der Waals surface area contributed by atoms with Crippen molar-refractivity contribution in [1.29, 1.82) is 5.26 Å². The van der Waals surface area contributed by atoms with Crippen LogP contribution in [0, 0.1) is 23.2 Å². The Bertz CT molecular complexity index is 1480. The number of piperidine rings is 3. The molecule has 2 aromatic rings. The maximum absolute atomic E-state index is 15.3. The standard InChI is InChI=1S/C30H29ClF2N4O4/c31-17-7-9-21-20-5-1-2-6-22(20)30(41,24(21)13-17)28(40)37-19-8-10-23(29(32,33)14-19)25(37)27(39)36-18(15-34)12-16-4-3-11-35-26(16)38/h1-2,5-7,9,13,16,18-19,23,25,41H,3-4,8,10-12,14H2,(H,35,38)(H,36,39)/t16-,18-,19+,23+,25+,30-/m0/s1. The predicted octanol–water partition coefficient (Wildman–Crippen LogP) is 3.50. The Hall–Kier alpha value is -3.55. The molecule has 0 radical (unpaired) electrons. The van der Waals surface area contributed by atoms with Crippen LogP contribution in [0.25, 0.3) is 11.1 Å². The Morgan fingerprint density at radius 2 is 1.93 bits per heavy atom. The third-order valence-corrected chi connectivity index (χ3v) is 9.35. The second-order valence-electron chi connectivity index (χ2n) is 11.5. The molecule has 0 spiro atoms. The summed E-state index contributed by atoms with van der Waals surface area (Å²) < 4.78 is 30.6. The lowest BCUT2D eigenvalue weighted by Gasteiger charge is -2.54. The summed E-state index contributed by atoms with van der Waals surface area (Å²) in [6.07, 6.45) is 0.943. The minimum atomic E-state index is -3.22. The molecule has 0 unspecified atom stereocenters. The highest BCUT2D eigenvalue weighted by Crippen LogP contribution is 2.54. The molecule has 4 fully saturated rings. The fourth-order valence-electron chi connectivity index (χ4n) is 7.19. The number of hydrogen-bond donors (Lipinski definition) is 3. The monoisotopic (exact) mass is 582 g/mol. The third-order valence-electron chi connectivity index (χ3n) is 9.12. The molecule has 3 saturated heterocycles. The number of carbonyl (C=O) groups is 3. The van der Waals surface area contributed by atoms with Crippen LogP contribution < -0.4 is 10.6 Å². The number of nitrogens with one attached hydrogen (secondary N) is 2. The Balaban J connectivity index is 1.36. The average Bonchev–Trinajstić information content (AvgIpc) is 3.21. The number of rotatable bonds is 5. The second kappa shape index (κ2) is 10.1. The number of carbonyl (C=O) groups excluding carboxylic acids is 3. The van der Waals surface area contributed by atoms with Gasteiger partial charge in [0.1, 0.15) is 12.1 Å². The number of nitrogens with zero attached hydrogens (tertiary/aromatic N) is 2. The van der Waals surface area contributed by atoms with Gasteiger partial charge in [-0.1, -0.05) is 41.9 Å². The highest BCUT2D eigenvalue weighted by atomic mass is 35.5. The van der Waals surface area contributed by atoms with Crippen molar-refractivity contribution in [1.82, 2.24) is 15.5 Å². The zero-order valence-corrected chi connectivity index (χ0v) is 22.8. The fraction of sp³-hybridized carbons (Fsp3) is 0.467. The smallest absolute Gasteiger partial charge is 0.264 e. The summed E-state index contributed by atoms with van der Waals surface area (Å²) in [5, 5.41) is 27.6. The van der Waals surface area contributed by atoms with E-state index in [0.29, 0.717) is 24.1 Å². The Kier molecular flexibility index (Phi) is 6.78. The van der Waals surface area contributed by atoms with Crippen molar-refractivity contribution < 1.29 is 28.3 Å². The zero-order valence-electron chi connectivity index (χ0n) is 22.1. The molecule has 6 atom stereocenters. The van der Waals surface area contributed by atoms with Gasteiger partial charge in [-0.2, -0.15) is 5.26 Å². The molecular formula is C30H29ClF2N4O4. The van der Waals surface area contributed by atoms with E-state index in [1.807, 2.05) is 6.07 Å². The summed E-state index contributed by atoms with van der Waals surface area (Å²) in [6, 6.07) is 9.88. The number of hydrogen-bond acceptors (Lipinski definition) is 5. The average molecular weight is 583 g/mol. The predicted molar refractivity (Wildman–Crippen MR) is 144 cm³/mol. The summed E-state index contributed by atoms with van der Waals surface area (Å²) in [7, 11) is 0. The summed E-state index contributed by atoms with van der Waals surface area (Å²) >= 11 is 6.27. The van der Waals surface area contributed by atoms with Gasteiger partial charge in [-0.15, -0.1) is 0 Å². The van der Waals surface area contributed by atoms with E-state index in [-0.39, 0.29) is 41.3 Å². The molecule has 41 heavy (non-hydrogen) atoms.